The molecule has 2 amide bonds. The zero-order chi connectivity index (χ0) is 22.7. The molecule has 0 aliphatic rings. The Bertz CT molecular complexity index is 1290. The van der Waals surface area contributed by atoms with Crippen LogP contribution in [0.1, 0.15) is 38.7 Å². The minimum atomic E-state index is -0.311. The standard InChI is InChI=1S/C24H24N6O2/c1-15-8-10-18(11-9-15)14-25-23(32)19-6-4-5-7-20(19)27-22(31)13-21-28-24-26-16(2)12-17(3)30(24)29-21/h4-12H,13-14H2,1-3H3,(H,25,32)(H,27,31). The van der Waals surface area contributed by atoms with Crippen molar-refractivity contribution >= 4 is 23.3 Å². The van der Waals surface area contributed by atoms with Crippen molar-refractivity contribution < 1.29 is 9.59 Å². The first-order valence-electron chi connectivity index (χ1n) is 10.3. The molecule has 162 valence electrons. The highest BCUT2D eigenvalue weighted by Gasteiger charge is 2.16. The van der Waals surface area contributed by atoms with Crippen molar-refractivity contribution in [3.8, 4) is 0 Å². The lowest BCUT2D eigenvalue weighted by Gasteiger charge is -2.11. The molecule has 8 heteroatoms. The summed E-state index contributed by atoms with van der Waals surface area (Å²) in [6.45, 7) is 6.21. The molecule has 2 heterocycles. The van der Waals surface area contributed by atoms with Crippen molar-refractivity contribution in [2.75, 3.05) is 5.32 Å². The lowest BCUT2D eigenvalue weighted by molar-refractivity contribution is -0.115. The smallest absolute Gasteiger partial charge is 0.253 e. The van der Waals surface area contributed by atoms with E-state index in [0.717, 1.165) is 22.5 Å². The average Bonchev–Trinajstić information content (AvgIpc) is 3.16. The van der Waals surface area contributed by atoms with Crippen LogP contribution in [-0.2, 0) is 17.8 Å². The van der Waals surface area contributed by atoms with Gasteiger partial charge in [0.2, 0.25) is 5.91 Å². The molecule has 0 bridgehead atoms. The summed E-state index contributed by atoms with van der Waals surface area (Å²) in [6.07, 6.45) is -0.0266. The van der Waals surface area contributed by atoms with Gasteiger partial charge in [0.1, 0.15) is 0 Å². The Hall–Kier alpha value is -4.07. The quantitative estimate of drug-likeness (QED) is 0.491. The van der Waals surface area contributed by atoms with Crippen LogP contribution in [0.15, 0.2) is 54.6 Å². The number of anilines is 1. The maximum absolute atomic E-state index is 12.7. The molecule has 0 unspecified atom stereocenters. The number of carbonyl (C=O) groups excluding carboxylic acids is 2. The maximum Gasteiger partial charge on any atom is 0.253 e. The van der Waals surface area contributed by atoms with Gasteiger partial charge in [0, 0.05) is 17.9 Å². The van der Waals surface area contributed by atoms with Gasteiger partial charge in [-0.25, -0.2) is 9.50 Å². The Morgan fingerprint density at radius 2 is 1.72 bits per heavy atom. The minimum Gasteiger partial charge on any atom is -0.348 e. The molecular formula is C24H24N6O2. The van der Waals surface area contributed by atoms with E-state index in [0.29, 0.717) is 29.4 Å². The number of amides is 2. The zero-order valence-corrected chi connectivity index (χ0v) is 18.2. The Morgan fingerprint density at radius 3 is 2.50 bits per heavy atom. The van der Waals surface area contributed by atoms with Crippen LogP contribution in [0.4, 0.5) is 5.69 Å². The van der Waals surface area contributed by atoms with Crippen LogP contribution >= 0.6 is 0 Å². The molecule has 32 heavy (non-hydrogen) atoms. The zero-order valence-electron chi connectivity index (χ0n) is 18.2. The van der Waals surface area contributed by atoms with Gasteiger partial charge in [-0.15, -0.1) is 5.10 Å². The van der Waals surface area contributed by atoms with Crippen LogP contribution in [0.25, 0.3) is 5.78 Å². The molecule has 0 fully saturated rings. The van der Waals surface area contributed by atoms with Crippen LogP contribution < -0.4 is 10.6 Å². The molecule has 2 aromatic carbocycles. The first kappa shape index (κ1) is 21.2. The van der Waals surface area contributed by atoms with Gasteiger partial charge < -0.3 is 10.6 Å². The van der Waals surface area contributed by atoms with Crippen LogP contribution in [0.2, 0.25) is 0 Å². The number of hydrogen-bond donors (Lipinski definition) is 2. The topological polar surface area (TPSA) is 101 Å². The number of aromatic nitrogens is 4. The first-order chi connectivity index (χ1) is 15.4. The molecule has 8 nitrogen and oxygen atoms in total. The summed E-state index contributed by atoms with van der Waals surface area (Å²) in [7, 11) is 0. The second-order valence-corrected chi connectivity index (χ2v) is 7.72. The summed E-state index contributed by atoms with van der Waals surface area (Å²) in [6, 6.07) is 16.8. The number of nitrogens with one attached hydrogen (secondary N) is 2. The molecule has 0 aliphatic heterocycles. The van der Waals surface area contributed by atoms with Gasteiger partial charge in [-0.3, -0.25) is 9.59 Å². The normalized spacial score (nSPS) is 10.8. The lowest BCUT2D eigenvalue weighted by Crippen LogP contribution is -2.25. The van der Waals surface area contributed by atoms with Crippen molar-refractivity contribution in [3.63, 3.8) is 0 Å². The fraction of sp³-hybridized carbons (Fsp3) is 0.208. The highest BCUT2D eigenvalue weighted by Crippen LogP contribution is 2.16. The maximum atomic E-state index is 12.7. The predicted molar refractivity (Wildman–Crippen MR) is 121 cm³/mol. The third kappa shape index (κ3) is 4.80. The van der Waals surface area contributed by atoms with Crippen LogP contribution in [-0.4, -0.2) is 31.4 Å². The second-order valence-electron chi connectivity index (χ2n) is 7.72. The number of aryl methyl sites for hydroxylation is 3. The molecule has 2 aromatic heterocycles. The molecule has 4 rings (SSSR count). The summed E-state index contributed by atoms with van der Waals surface area (Å²) in [4.78, 5) is 34.1. The SMILES string of the molecule is Cc1ccc(CNC(=O)c2ccccc2NC(=O)Cc2nc3nc(C)cc(C)n3n2)cc1. The van der Waals surface area contributed by atoms with Crippen LogP contribution in [0.3, 0.4) is 0 Å². The van der Waals surface area contributed by atoms with E-state index >= 15 is 0 Å². The van der Waals surface area contributed by atoms with E-state index in [2.05, 4.69) is 25.7 Å². The van der Waals surface area contributed by atoms with Crippen molar-refractivity contribution in [2.45, 2.75) is 33.7 Å². The summed E-state index contributed by atoms with van der Waals surface area (Å²) in [5.41, 5.74) is 4.72. The van der Waals surface area contributed by atoms with Crippen molar-refractivity contribution in [1.29, 1.82) is 0 Å². The molecule has 0 aliphatic carbocycles. The Morgan fingerprint density at radius 1 is 0.969 bits per heavy atom. The minimum absolute atomic E-state index is 0.0266. The van der Waals surface area contributed by atoms with E-state index in [-0.39, 0.29) is 18.2 Å². The molecule has 0 spiro atoms. The molecule has 0 radical (unpaired) electrons. The van der Waals surface area contributed by atoms with E-state index in [1.165, 1.54) is 0 Å². The van der Waals surface area contributed by atoms with Crippen molar-refractivity contribution in [1.82, 2.24) is 24.9 Å². The number of benzene rings is 2. The second kappa shape index (κ2) is 8.97. The highest BCUT2D eigenvalue weighted by molar-refractivity contribution is 6.03. The predicted octanol–water partition coefficient (Wildman–Crippen LogP) is 3.16. The molecule has 0 saturated carbocycles. The fourth-order valence-electron chi connectivity index (χ4n) is 3.39. The largest absolute Gasteiger partial charge is 0.348 e. The van der Waals surface area contributed by atoms with E-state index in [1.54, 1.807) is 28.8 Å². The lowest BCUT2D eigenvalue weighted by atomic mass is 10.1. The Balaban J connectivity index is 1.44. The molecule has 4 aromatic rings. The highest BCUT2D eigenvalue weighted by atomic mass is 16.2. The van der Waals surface area contributed by atoms with Gasteiger partial charge in [-0.2, -0.15) is 4.98 Å². The van der Waals surface area contributed by atoms with Gasteiger partial charge in [0.25, 0.3) is 11.7 Å². The monoisotopic (exact) mass is 428 g/mol. The van der Waals surface area contributed by atoms with E-state index in [1.807, 2.05) is 51.1 Å². The van der Waals surface area contributed by atoms with Gasteiger partial charge >= 0.3 is 0 Å². The van der Waals surface area contributed by atoms with Crippen LogP contribution in [0, 0.1) is 20.8 Å². The summed E-state index contributed by atoms with van der Waals surface area (Å²) in [5.74, 6) is 0.253. The van der Waals surface area contributed by atoms with Gasteiger partial charge in [-0.05, 0) is 44.5 Å². The number of fused-ring (bicyclic) bond motifs is 1. The number of para-hydroxylation sites is 1. The summed E-state index contributed by atoms with van der Waals surface area (Å²) < 4.78 is 1.61. The third-order valence-corrected chi connectivity index (χ3v) is 5.00. The van der Waals surface area contributed by atoms with E-state index < -0.39 is 0 Å². The van der Waals surface area contributed by atoms with Gasteiger partial charge in [-0.1, -0.05) is 42.0 Å². The van der Waals surface area contributed by atoms with E-state index in [4.69, 9.17) is 0 Å². The average molecular weight is 428 g/mol. The molecule has 2 N–H and O–H groups in total. The van der Waals surface area contributed by atoms with Gasteiger partial charge in [0.15, 0.2) is 5.82 Å². The van der Waals surface area contributed by atoms with E-state index in [9.17, 15) is 9.59 Å². The van der Waals surface area contributed by atoms with Crippen molar-refractivity contribution in [3.05, 3.63) is 88.5 Å². The Labute approximate surface area is 185 Å². The van der Waals surface area contributed by atoms with Gasteiger partial charge in [0.05, 0.1) is 17.7 Å². The Kier molecular flexibility index (Phi) is 5.93. The fourth-order valence-corrected chi connectivity index (χ4v) is 3.39. The number of carbonyl (C=O) groups is 2. The van der Waals surface area contributed by atoms with Crippen molar-refractivity contribution in [2.24, 2.45) is 0 Å². The molecule has 0 saturated heterocycles. The summed E-state index contributed by atoms with van der Waals surface area (Å²) >= 11 is 0. The summed E-state index contributed by atoms with van der Waals surface area (Å²) in [5, 5.41) is 10.1. The number of rotatable bonds is 6. The van der Waals surface area contributed by atoms with Crippen LogP contribution in [0.5, 0.6) is 0 Å². The molecule has 0 atom stereocenters. The number of hydrogen-bond acceptors (Lipinski definition) is 5. The first-order valence-corrected chi connectivity index (χ1v) is 10.3. The third-order valence-electron chi connectivity index (χ3n) is 5.00. The molecular weight excluding hydrogens is 404 g/mol. The number of nitrogens with zero attached hydrogens (tertiary/aromatic N) is 4.